The van der Waals surface area contributed by atoms with Crippen molar-refractivity contribution in [3.05, 3.63) is 107 Å². The van der Waals surface area contributed by atoms with Crippen molar-refractivity contribution in [3.63, 3.8) is 0 Å². The van der Waals surface area contributed by atoms with Gasteiger partial charge in [0.1, 0.15) is 10.1 Å². The zero-order valence-corrected chi connectivity index (χ0v) is 23.2. The number of anilines is 1. The summed E-state index contributed by atoms with van der Waals surface area (Å²) in [6.07, 6.45) is 1.19. The summed E-state index contributed by atoms with van der Waals surface area (Å²) >= 11 is 0.798. The molecular weight excluding hydrogens is 532 g/mol. The first-order valence-electron chi connectivity index (χ1n) is 12.4. The van der Waals surface area contributed by atoms with Crippen molar-refractivity contribution >= 4 is 43.8 Å². The van der Waals surface area contributed by atoms with Gasteiger partial charge in [0.05, 0.1) is 17.1 Å². The summed E-state index contributed by atoms with van der Waals surface area (Å²) in [5.41, 5.74) is 2.93. The third-order valence-electron chi connectivity index (χ3n) is 6.87. The van der Waals surface area contributed by atoms with Gasteiger partial charge in [-0.25, -0.2) is 13.4 Å². The van der Waals surface area contributed by atoms with Gasteiger partial charge in [-0.15, -0.1) is 0 Å². The molecule has 0 N–H and O–H groups in total. The Bertz CT molecular complexity index is 1660. The van der Waals surface area contributed by atoms with Crippen LogP contribution in [-0.2, 0) is 19.4 Å². The summed E-state index contributed by atoms with van der Waals surface area (Å²) in [6, 6.07) is 21.2. The number of Topliss-reactive ketones (excluding diaryl/α,β-unsaturated/α-hetero) is 2. The number of rotatable bonds is 7. The molecule has 5 rings (SSSR count). The summed E-state index contributed by atoms with van der Waals surface area (Å²) in [5, 5.41) is 0.0417. The van der Waals surface area contributed by atoms with Gasteiger partial charge in [0.15, 0.2) is 10.9 Å². The predicted molar refractivity (Wildman–Crippen MR) is 149 cm³/mol. The zero-order valence-electron chi connectivity index (χ0n) is 21.6. The van der Waals surface area contributed by atoms with E-state index in [1.165, 1.54) is 23.2 Å². The smallest absolute Gasteiger partial charge is 0.293 e. The fourth-order valence-electron chi connectivity index (χ4n) is 4.66. The van der Waals surface area contributed by atoms with Crippen LogP contribution in [0.4, 0.5) is 5.13 Å². The van der Waals surface area contributed by atoms with E-state index in [-0.39, 0.29) is 20.2 Å². The molecule has 0 saturated carbocycles. The predicted octanol–water partition coefficient (Wildman–Crippen LogP) is 5.56. The molecule has 1 fully saturated rings. The first-order valence-corrected chi connectivity index (χ1v) is 14.7. The summed E-state index contributed by atoms with van der Waals surface area (Å²) in [4.78, 5) is 46.1. The van der Waals surface area contributed by atoms with Crippen molar-refractivity contribution in [2.75, 3.05) is 4.90 Å². The molecule has 0 spiro atoms. The van der Waals surface area contributed by atoms with Gasteiger partial charge in [0.25, 0.3) is 5.91 Å². The van der Waals surface area contributed by atoms with Crippen LogP contribution >= 0.6 is 11.3 Å². The number of thiazole rings is 1. The van der Waals surface area contributed by atoms with E-state index in [9.17, 15) is 22.8 Å². The number of carbonyl (C=O) groups excluding carboxylic acids is 3. The highest BCUT2D eigenvalue weighted by molar-refractivity contribution is 7.93. The van der Waals surface area contributed by atoms with Crippen molar-refractivity contribution in [2.24, 2.45) is 5.92 Å². The topological polar surface area (TPSA) is 101 Å². The maximum Gasteiger partial charge on any atom is 0.297 e. The third-order valence-corrected chi connectivity index (χ3v) is 10.1. The van der Waals surface area contributed by atoms with Gasteiger partial charge in [-0.1, -0.05) is 97.5 Å². The van der Waals surface area contributed by atoms with Crippen LogP contribution in [0.15, 0.2) is 94.2 Å². The lowest BCUT2D eigenvalue weighted by Gasteiger charge is -2.25. The Morgan fingerprint density at radius 3 is 2.18 bits per heavy atom. The number of nitrogens with zero attached hydrogens (tertiary/aromatic N) is 2. The largest absolute Gasteiger partial charge is 0.297 e. The molecule has 1 saturated heterocycles. The Hall–Kier alpha value is -3.95. The molecule has 9 heteroatoms. The van der Waals surface area contributed by atoms with Gasteiger partial charge in [-0.05, 0) is 36.1 Å². The first kappa shape index (κ1) is 26.6. The number of hydrogen-bond acceptors (Lipinski definition) is 7. The lowest BCUT2D eigenvalue weighted by molar-refractivity contribution is -0.135. The van der Waals surface area contributed by atoms with E-state index < -0.39 is 39.3 Å². The molecule has 1 aliphatic heterocycles. The molecule has 2 heterocycles. The Kier molecular flexibility index (Phi) is 7.05. The monoisotopic (exact) mass is 558 g/mol. The Morgan fingerprint density at radius 1 is 0.923 bits per heavy atom. The second kappa shape index (κ2) is 10.3. The standard InChI is InChI=1S/C30H26N2O5S2/c1-18(2)20-13-15-21(16-14-20)26-25(27(33)22-11-9-19(3)10-12-22)28(34)29(35)32(26)30-31-17-24(38-30)39(36,37)23-7-5-4-6-8-23/h4-18,25-26H,1-3H3. The van der Waals surface area contributed by atoms with Crippen LogP contribution in [0.3, 0.4) is 0 Å². The number of sulfone groups is 1. The average molecular weight is 559 g/mol. The molecule has 1 amide bonds. The molecule has 2 unspecified atom stereocenters. The van der Waals surface area contributed by atoms with Crippen LogP contribution in [-0.4, -0.2) is 30.9 Å². The van der Waals surface area contributed by atoms with E-state index in [0.29, 0.717) is 11.1 Å². The molecule has 2 atom stereocenters. The molecule has 0 radical (unpaired) electrons. The van der Waals surface area contributed by atoms with Gasteiger partial charge < -0.3 is 0 Å². The Morgan fingerprint density at radius 2 is 1.56 bits per heavy atom. The molecule has 198 valence electrons. The van der Waals surface area contributed by atoms with Gasteiger partial charge in [0, 0.05) is 5.56 Å². The molecular formula is C30H26N2O5S2. The van der Waals surface area contributed by atoms with Crippen LogP contribution in [0.2, 0.25) is 0 Å². The minimum atomic E-state index is -3.89. The number of aromatic nitrogens is 1. The van der Waals surface area contributed by atoms with Crippen LogP contribution in [0.1, 0.15) is 52.9 Å². The lowest BCUT2D eigenvalue weighted by Crippen LogP contribution is -2.30. The number of ketones is 2. The van der Waals surface area contributed by atoms with E-state index >= 15 is 0 Å². The number of carbonyl (C=O) groups is 3. The third kappa shape index (κ3) is 4.84. The van der Waals surface area contributed by atoms with E-state index in [2.05, 4.69) is 18.8 Å². The van der Waals surface area contributed by atoms with Gasteiger partial charge in [-0.3, -0.25) is 19.3 Å². The Labute approximate surface area is 231 Å². The van der Waals surface area contributed by atoms with E-state index in [1.807, 2.05) is 31.2 Å². The zero-order chi connectivity index (χ0) is 27.9. The minimum Gasteiger partial charge on any atom is -0.293 e. The number of hydrogen-bond donors (Lipinski definition) is 0. The number of aryl methyl sites for hydroxylation is 1. The van der Waals surface area contributed by atoms with Gasteiger partial charge in [-0.2, -0.15) is 0 Å². The highest BCUT2D eigenvalue weighted by Gasteiger charge is 2.53. The second-order valence-electron chi connectivity index (χ2n) is 9.79. The Balaban J connectivity index is 1.61. The summed E-state index contributed by atoms with van der Waals surface area (Å²) in [6.45, 7) is 6.00. The number of amides is 1. The summed E-state index contributed by atoms with van der Waals surface area (Å²) in [7, 11) is -3.89. The molecule has 39 heavy (non-hydrogen) atoms. The quantitative estimate of drug-likeness (QED) is 0.167. The molecule has 3 aromatic carbocycles. The highest BCUT2D eigenvalue weighted by atomic mass is 32.2. The summed E-state index contributed by atoms with van der Waals surface area (Å²) < 4.78 is 26.3. The second-order valence-corrected chi connectivity index (χ2v) is 13.0. The molecule has 7 nitrogen and oxygen atoms in total. The minimum absolute atomic E-state index is 0.0417. The average Bonchev–Trinajstić information content (AvgIpc) is 3.53. The van der Waals surface area contributed by atoms with Crippen LogP contribution in [0.25, 0.3) is 0 Å². The summed E-state index contributed by atoms with van der Waals surface area (Å²) in [5.74, 6) is -3.25. The first-order chi connectivity index (χ1) is 18.6. The van der Waals surface area contributed by atoms with Crippen LogP contribution < -0.4 is 4.90 Å². The maximum atomic E-state index is 13.7. The van der Waals surface area contributed by atoms with Gasteiger partial charge in [0.2, 0.25) is 15.6 Å². The normalized spacial score (nSPS) is 17.7. The van der Waals surface area contributed by atoms with Crippen molar-refractivity contribution in [2.45, 2.75) is 41.8 Å². The van der Waals surface area contributed by atoms with E-state index in [4.69, 9.17) is 0 Å². The van der Waals surface area contributed by atoms with Crippen molar-refractivity contribution in [3.8, 4) is 0 Å². The van der Waals surface area contributed by atoms with Crippen molar-refractivity contribution < 1.29 is 22.8 Å². The maximum absolute atomic E-state index is 13.7. The fourth-order valence-corrected chi connectivity index (χ4v) is 7.23. The lowest BCUT2D eigenvalue weighted by atomic mass is 9.85. The van der Waals surface area contributed by atoms with Crippen LogP contribution in [0, 0.1) is 12.8 Å². The van der Waals surface area contributed by atoms with Crippen molar-refractivity contribution in [1.29, 1.82) is 0 Å². The van der Waals surface area contributed by atoms with Crippen molar-refractivity contribution in [1.82, 2.24) is 4.98 Å². The SMILES string of the molecule is Cc1ccc(C(=O)C2C(=O)C(=O)N(c3ncc(S(=O)(=O)c4ccccc4)s3)C2c2ccc(C(C)C)cc2)cc1. The van der Waals surface area contributed by atoms with Gasteiger partial charge >= 0.3 is 0 Å². The molecule has 0 bridgehead atoms. The van der Waals surface area contributed by atoms with E-state index in [1.54, 1.807) is 42.5 Å². The fraction of sp³-hybridized carbons (Fsp3) is 0.200. The molecule has 0 aliphatic carbocycles. The van der Waals surface area contributed by atoms with Crippen LogP contribution in [0.5, 0.6) is 0 Å². The molecule has 1 aliphatic rings. The molecule has 4 aromatic rings. The van der Waals surface area contributed by atoms with E-state index in [0.717, 1.165) is 22.5 Å². The highest BCUT2D eigenvalue weighted by Crippen LogP contribution is 2.43. The number of benzene rings is 3. The molecule has 1 aromatic heterocycles.